The molecule has 0 unspecified atom stereocenters. The lowest BCUT2D eigenvalue weighted by molar-refractivity contribution is 0.474. The minimum atomic E-state index is 0.214. The van der Waals surface area contributed by atoms with E-state index in [4.69, 9.17) is 0 Å². The summed E-state index contributed by atoms with van der Waals surface area (Å²) in [6.45, 7) is 5.66. The van der Waals surface area contributed by atoms with Gasteiger partial charge in [0, 0.05) is 19.3 Å². The zero-order valence-electron chi connectivity index (χ0n) is 11.7. The average Bonchev–Trinajstić information content (AvgIpc) is 2.49. The highest BCUT2D eigenvalue weighted by atomic mass is 16.3. The minimum Gasteiger partial charge on any atom is -0.506 e. The maximum Gasteiger partial charge on any atom is 0.174 e. The third kappa shape index (κ3) is 3.12. The third-order valence-electron chi connectivity index (χ3n) is 2.98. The summed E-state index contributed by atoms with van der Waals surface area (Å²) >= 11 is 0. The van der Waals surface area contributed by atoms with E-state index in [9.17, 15) is 5.11 Å². The Labute approximate surface area is 118 Å². The number of anilines is 1. The smallest absolute Gasteiger partial charge is 0.174 e. The number of hydrogen-bond acceptors (Lipinski definition) is 5. The number of rotatable bonds is 5. The first-order valence-electron chi connectivity index (χ1n) is 6.66. The van der Waals surface area contributed by atoms with Crippen LogP contribution in [0.3, 0.4) is 0 Å². The molecule has 0 amide bonds. The van der Waals surface area contributed by atoms with Gasteiger partial charge < -0.3 is 10.0 Å². The highest BCUT2D eigenvalue weighted by Gasteiger charge is 2.12. The number of aromatic nitrogens is 1. The lowest BCUT2D eigenvalue weighted by Crippen LogP contribution is -2.21. The standard InChI is InChI=1S/C15H18N4O/c1-3-19(4-2)15-12(8-7-9-13(15)20)17-18-14-10-5-6-11-16-14/h5-11,20H,3-4H2,1-2H3. The first kappa shape index (κ1) is 14.0. The summed E-state index contributed by atoms with van der Waals surface area (Å²) in [5, 5.41) is 18.4. The van der Waals surface area contributed by atoms with Gasteiger partial charge in [0.2, 0.25) is 0 Å². The van der Waals surface area contributed by atoms with Gasteiger partial charge in [0.1, 0.15) is 17.1 Å². The first-order valence-corrected chi connectivity index (χ1v) is 6.66. The van der Waals surface area contributed by atoms with Gasteiger partial charge in [-0.05, 0) is 38.1 Å². The van der Waals surface area contributed by atoms with Gasteiger partial charge in [-0.2, -0.15) is 0 Å². The number of benzene rings is 1. The molecule has 0 saturated carbocycles. The normalized spacial score (nSPS) is 10.9. The van der Waals surface area contributed by atoms with Crippen LogP contribution in [-0.2, 0) is 0 Å². The van der Waals surface area contributed by atoms with Gasteiger partial charge in [-0.3, -0.25) is 0 Å². The zero-order chi connectivity index (χ0) is 14.4. The predicted molar refractivity (Wildman–Crippen MR) is 80.1 cm³/mol. The summed E-state index contributed by atoms with van der Waals surface area (Å²) in [5.74, 6) is 0.757. The summed E-state index contributed by atoms with van der Waals surface area (Å²) < 4.78 is 0. The highest BCUT2D eigenvalue weighted by molar-refractivity contribution is 5.73. The van der Waals surface area contributed by atoms with E-state index in [0.717, 1.165) is 13.1 Å². The van der Waals surface area contributed by atoms with Crippen molar-refractivity contribution in [1.29, 1.82) is 0 Å². The fourth-order valence-electron chi connectivity index (χ4n) is 1.98. The summed E-state index contributed by atoms with van der Waals surface area (Å²) in [6.07, 6.45) is 1.67. The number of pyridine rings is 1. The van der Waals surface area contributed by atoms with E-state index in [1.165, 1.54) is 0 Å². The molecule has 2 rings (SSSR count). The zero-order valence-corrected chi connectivity index (χ0v) is 11.7. The Morgan fingerprint density at radius 3 is 2.50 bits per heavy atom. The summed E-state index contributed by atoms with van der Waals surface area (Å²) in [6, 6.07) is 10.7. The quantitative estimate of drug-likeness (QED) is 0.834. The van der Waals surface area contributed by atoms with Gasteiger partial charge in [-0.15, -0.1) is 10.2 Å². The molecule has 0 aliphatic heterocycles. The molecule has 0 spiro atoms. The Hall–Kier alpha value is -2.43. The first-order chi connectivity index (χ1) is 9.76. The van der Waals surface area contributed by atoms with Crippen molar-refractivity contribution >= 4 is 17.2 Å². The Bertz CT molecular complexity index is 580. The molecule has 0 aliphatic rings. The molecule has 20 heavy (non-hydrogen) atoms. The number of azo groups is 1. The molecule has 1 aromatic carbocycles. The molecule has 0 radical (unpaired) electrons. The number of aromatic hydroxyl groups is 1. The van der Waals surface area contributed by atoms with Crippen molar-refractivity contribution in [2.24, 2.45) is 10.2 Å². The highest BCUT2D eigenvalue weighted by Crippen LogP contribution is 2.37. The number of hydrogen-bond donors (Lipinski definition) is 1. The van der Waals surface area contributed by atoms with Crippen molar-refractivity contribution in [2.75, 3.05) is 18.0 Å². The molecule has 0 aliphatic carbocycles. The Morgan fingerprint density at radius 1 is 1.05 bits per heavy atom. The van der Waals surface area contributed by atoms with Crippen LogP contribution in [0.25, 0.3) is 0 Å². The van der Waals surface area contributed by atoms with E-state index in [1.54, 1.807) is 24.4 Å². The van der Waals surface area contributed by atoms with Crippen LogP contribution in [0, 0.1) is 0 Å². The van der Waals surface area contributed by atoms with Crippen molar-refractivity contribution in [3.05, 3.63) is 42.6 Å². The molecule has 0 saturated heterocycles. The lowest BCUT2D eigenvalue weighted by Gasteiger charge is -2.23. The van der Waals surface area contributed by atoms with Gasteiger partial charge in [0.15, 0.2) is 5.82 Å². The molecule has 5 heteroatoms. The second kappa shape index (κ2) is 6.65. The van der Waals surface area contributed by atoms with Crippen molar-refractivity contribution in [2.45, 2.75) is 13.8 Å². The molecule has 5 nitrogen and oxygen atoms in total. The van der Waals surface area contributed by atoms with Crippen LogP contribution in [0.15, 0.2) is 52.8 Å². The van der Waals surface area contributed by atoms with E-state index in [2.05, 4.69) is 15.2 Å². The van der Waals surface area contributed by atoms with Gasteiger partial charge in [-0.25, -0.2) is 4.98 Å². The Balaban J connectivity index is 2.37. The molecule has 0 atom stereocenters. The number of para-hydroxylation sites is 1. The van der Waals surface area contributed by atoms with E-state index < -0.39 is 0 Å². The van der Waals surface area contributed by atoms with Crippen LogP contribution in [-0.4, -0.2) is 23.2 Å². The second-order valence-corrected chi connectivity index (χ2v) is 4.21. The fraction of sp³-hybridized carbons (Fsp3) is 0.267. The average molecular weight is 270 g/mol. The molecule has 1 aromatic heterocycles. The van der Waals surface area contributed by atoms with Crippen LogP contribution < -0.4 is 4.90 Å². The van der Waals surface area contributed by atoms with Gasteiger partial charge in [0.05, 0.1) is 0 Å². The fourth-order valence-corrected chi connectivity index (χ4v) is 1.98. The van der Waals surface area contributed by atoms with Crippen LogP contribution in [0.4, 0.5) is 17.2 Å². The summed E-state index contributed by atoms with van der Waals surface area (Å²) in [4.78, 5) is 6.14. The maximum absolute atomic E-state index is 10.1. The molecule has 1 N–H and O–H groups in total. The number of phenols is 1. The topological polar surface area (TPSA) is 61.1 Å². The molecule has 0 fully saturated rings. The van der Waals surface area contributed by atoms with Gasteiger partial charge in [-0.1, -0.05) is 12.1 Å². The summed E-state index contributed by atoms with van der Waals surface area (Å²) in [7, 11) is 0. The monoisotopic (exact) mass is 270 g/mol. The van der Waals surface area contributed by atoms with Crippen molar-refractivity contribution in [3.63, 3.8) is 0 Å². The lowest BCUT2D eigenvalue weighted by atomic mass is 10.2. The maximum atomic E-state index is 10.1. The van der Waals surface area contributed by atoms with Crippen LogP contribution in [0.5, 0.6) is 5.75 Å². The minimum absolute atomic E-state index is 0.214. The van der Waals surface area contributed by atoms with Crippen LogP contribution in [0.2, 0.25) is 0 Å². The van der Waals surface area contributed by atoms with Crippen molar-refractivity contribution in [3.8, 4) is 5.75 Å². The molecule has 1 heterocycles. The van der Waals surface area contributed by atoms with Crippen LogP contribution >= 0.6 is 0 Å². The van der Waals surface area contributed by atoms with E-state index in [1.807, 2.05) is 36.9 Å². The van der Waals surface area contributed by atoms with E-state index >= 15 is 0 Å². The van der Waals surface area contributed by atoms with Crippen molar-refractivity contribution in [1.82, 2.24) is 4.98 Å². The van der Waals surface area contributed by atoms with E-state index in [-0.39, 0.29) is 5.75 Å². The molecule has 104 valence electrons. The Morgan fingerprint density at radius 2 is 1.85 bits per heavy atom. The number of phenolic OH excluding ortho intramolecular Hbond substituents is 1. The predicted octanol–water partition coefficient (Wildman–Crippen LogP) is 4.05. The Kier molecular flexibility index (Phi) is 4.65. The van der Waals surface area contributed by atoms with E-state index in [0.29, 0.717) is 17.2 Å². The molecule has 0 bridgehead atoms. The molecular weight excluding hydrogens is 252 g/mol. The van der Waals surface area contributed by atoms with Gasteiger partial charge in [0.25, 0.3) is 0 Å². The third-order valence-corrected chi connectivity index (χ3v) is 2.98. The second-order valence-electron chi connectivity index (χ2n) is 4.21. The van der Waals surface area contributed by atoms with Crippen molar-refractivity contribution < 1.29 is 5.11 Å². The molecular formula is C15H18N4O. The van der Waals surface area contributed by atoms with Crippen LogP contribution in [0.1, 0.15) is 13.8 Å². The summed E-state index contributed by atoms with van der Waals surface area (Å²) in [5.41, 5.74) is 1.34. The molecule has 2 aromatic rings. The number of nitrogens with zero attached hydrogens (tertiary/aromatic N) is 4. The van der Waals surface area contributed by atoms with Gasteiger partial charge >= 0.3 is 0 Å². The SMILES string of the molecule is CCN(CC)c1c(O)cccc1N=Nc1ccccn1. The largest absolute Gasteiger partial charge is 0.506 e.